The first-order valence-corrected chi connectivity index (χ1v) is 5.74. The monoisotopic (exact) mass is 244 g/mol. The summed E-state index contributed by atoms with van der Waals surface area (Å²) in [5.41, 5.74) is 5.04. The molecular formula is C8H8N2O3S2. The maximum atomic E-state index is 11.4. The third-order valence-corrected chi connectivity index (χ3v) is 2.93. The summed E-state index contributed by atoms with van der Waals surface area (Å²) < 4.78 is 24.4. The van der Waals surface area contributed by atoms with Crippen molar-refractivity contribution in [3.8, 4) is 0 Å². The fourth-order valence-electron chi connectivity index (χ4n) is 0.908. The Morgan fingerprint density at radius 3 is 2.27 bits per heavy atom. The van der Waals surface area contributed by atoms with E-state index >= 15 is 0 Å². The van der Waals surface area contributed by atoms with Crippen molar-refractivity contribution in [3.63, 3.8) is 0 Å². The molecule has 7 heteroatoms. The largest absolute Gasteiger partial charge is 0.376 e. The number of nitrogens with two attached hydrogens (primary N) is 1. The van der Waals surface area contributed by atoms with Gasteiger partial charge in [-0.2, -0.15) is 8.42 Å². The van der Waals surface area contributed by atoms with Gasteiger partial charge in [-0.15, -0.1) is 0 Å². The van der Waals surface area contributed by atoms with Crippen molar-refractivity contribution < 1.29 is 13.2 Å². The van der Waals surface area contributed by atoms with Gasteiger partial charge in [-0.25, -0.2) is 0 Å². The number of carbonyl (C=O) groups is 1. The number of rotatable bonds is 1. The second-order valence-electron chi connectivity index (χ2n) is 2.62. The van der Waals surface area contributed by atoms with E-state index in [1.165, 1.54) is 12.1 Å². The van der Waals surface area contributed by atoms with Gasteiger partial charge >= 0.3 is 10.0 Å². The van der Waals surface area contributed by atoms with Gasteiger partial charge in [0, 0.05) is 5.56 Å². The maximum absolute atomic E-state index is 11.4. The summed E-state index contributed by atoms with van der Waals surface area (Å²) in [6.45, 7) is 0. The minimum atomic E-state index is -4.17. The quantitative estimate of drug-likeness (QED) is 0.678. The first-order valence-electron chi connectivity index (χ1n) is 3.85. The molecule has 0 amide bonds. The molecular weight excluding hydrogens is 236 g/mol. The Kier molecular flexibility index (Phi) is 3.38. The van der Waals surface area contributed by atoms with E-state index in [1.807, 2.05) is 0 Å². The molecule has 80 valence electrons. The normalized spacial score (nSPS) is 10.7. The average Bonchev–Trinajstić information content (AvgIpc) is 2.16. The number of hydrogen-bond donors (Lipinski definition) is 2. The zero-order chi connectivity index (χ0) is 11.5. The van der Waals surface area contributed by atoms with Gasteiger partial charge in [0.25, 0.3) is 5.12 Å². The van der Waals surface area contributed by atoms with Crippen molar-refractivity contribution >= 4 is 32.5 Å². The van der Waals surface area contributed by atoms with E-state index in [0.29, 0.717) is 0 Å². The fourth-order valence-corrected chi connectivity index (χ4v) is 2.04. The Bertz CT molecular complexity index is 482. The third-order valence-electron chi connectivity index (χ3n) is 1.49. The molecule has 1 rings (SSSR count). The van der Waals surface area contributed by atoms with Crippen LogP contribution in [0.2, 0.25) is 0 Å². The number of thiocarbonyl (C=S) groups is 1. The van der Waals surface area contributed by atoms with Crippen LogP contribution in [0.5, 0.6) is 0 Å². The van der Waals surface area contributed by atoms with Crippen molar-refractivity contribution in [3.05, 3.63) is 35.9 Å². The number of benzene rings is 1. The zero-order valence-corrected chi connectivity index (χ0v) is 9.14. The van der Waals surface area contributed by atoms with E-state index in [1.54, 1.807) is 22.9 Å². The molecule has 0 radical (unpaired) electrons. The molecule has 5 nitrogen and oxygen atoms in total. The van der Waals surface area contributed by atoms with Gasteiger partial charge in [-0.05, 0) is 12.2 Å². The molecule has 0 spiro atoms. The molecule has 3 N–H and O–H groups in total. The van der Waals surface area contributed by atoms with Crippen molar-refractivity contribution in [1.29, 1.82) is 0 Å². The molecule has 0 heterocycles. The van der Waals surface area contributed by atoms with Gasteiger partial charge in [-0.3, -0.25) is 9.52 Å². The topological polar surface area (TPSA) is 89.3 Å². The van der Waals surface area contributed by atoms with Gasteiger partial charge in [-0.1, -0.05) is 30.3 Å². The summed E-state index contributed by atoms with van der Waals surface area (Å²) in [5, 5.41) is -1.52. The van der Waals surface area contributed by atoms with Gasteiger partial charge in [0.05, 0.1) is 0 Å². The molecule has 1 aromatic rings. The zero-order valence-electron chi connectivity index (χ0n) is 7.51. The van der Waals surface area contributed by atoms with E-state index in [4.69, 9.17) is 5.73 Å². The van der Waals surface area contributed by atoms with Crippen LogP contribution in [0.3, 0.4) is 0 Å². The Labute approximate surface area is 92.3 Å². The summed E-state index contributed by atoms with van der Waals surface area (Å²) in [6.07, 6.45) is 0. The van der Waals surface area contributed by atoms with Gasteiger partial charge in [0.2, 0.25) is 0 Å². The van der Waals surface area contributed by atoms with Gasteiger partial charge < -0.3 is 5.73 Å². The first-order chi connectivity index (χ1) is 6.93. The van der Waals surface area contributed by atoms with Crippen LogP contribution in [-0.4, -0.2) is 18.6 Å². The lowest BCUT2D eigenvalue weighted by atomic mass is 10.2. The highest BCUT2D eigenvalue weighted by Gasteiger charge is 2.23. The lowest BCUT2D eigenvalue weighted by molar-refractivity contribution is 0.107. The molecule has 0 aliphatic rings. The van der Waals surface area contributed by atoms with Crippen LogP contribution in [0.25, 0.3) is 0 Å². The predicted molar refractivity (Wildman–Crippen MR) is 59.6 cm³/mol. The standard InChI is InChI=1S/C8H8N2O3S2/c9-8(14)10-15(12,13)7(11)6-4-2-1-3-5-6/h1-5H,(H3,9,10,14). The first kappa shape index (κ1) is 11.6. The third kappa shape index (κ3) is 3.00. The molecule has 0 aromatic heterocycles. The van der Waals surface area contributed by atoms with Gasteiger partial charge in [0.15, 0.2) is 5.11 Å². The highest BCUT2D eigenvalue weighted by molar-refractivity contribution is 8.06. The maximum Gasteiger partial charge on any atom is 0.302 e. The van der Waals surface area contributed by atoms with E-state index in [-0.39, 0.29) is 5.56 Å². The molecule has 0 aliphatic carbocycles. The number of sulfonamides is 1. The second-order valence-corrected chi connectivity index (χ2v) is 4.64. The SMILES string of the molecule is NC(=S)NS(=O)(=O)C(=O)c1ccccc1. The lowest BCUT2D eigenvalue weighted by Gasteiger charge is -2.03. The van der Waals surface area contributed by atoms with E-state index in [9.17, 15) is 13.2 Å². The minimum absolute atomic E-state index is 0.0567. The molecule has 0 aliphatic heterocycles. The molecule has 0 bridgehead atoms. The van der Waals surface area contributed by atoms with Crippen LogP contribution in [0.1, 0.15) is 10.4 Å². The van der Waals surface area contributed by atoms with Crippen molar-refractivity contribution in [1.82, 2.24) is 4.72 Å². The summed E-state index contributed by atoms with van der Waals surface area (Å²) in [6, 6.07) is 7.57. The second kappa shape index (κ2) is 4.37. The van der Waals surface area contributed by atoms with Crippen LogP contribution in [0, 0.1) is 0 Å². The number of carbonyl (C=O) groups excluding carboxylic acids is 1. The molecule has 0 saturated carbocycles. The summed E-state index contributed by atoms with van der Waals surface area (Å²) in [7, 11) is -4.17. The van der Waals surface area contributed by atoms with Crippen molar-refractivity contribution in [2.75, 3.05) is 0 Å². The van der Waals surface area contributed by atoms with Crippen molar-refractivity contribution in [2.45, 2.75) is 0 Å². The van der Waals surface area contributed by atoms with Gasteiger partial charge in [0.1, 0.15) is 0 Å². The Balaban J connectivity index is 3.01. The van der Waals surface area contributed by atoms with Crippen LogP contribution < -0.4 is 10.5 Å². The van der Waals surface area contributed by atoms with Crippen LogP contribution in [0.15, 0.2) is 30.3 Å². The van der Waals surface area contributed by atoms with E-state index in [0.717, 1.165) is 0 Å². The fraction of sp³-hybridized carbons (Fsp3) is 0. The molecule has 15 heavy (non-hydrogen) atoms. The number of hydrogen-bond acceptors (Lipinski definition) is 4. The smallest absolute Gasteiger partial charge is 0.302 e. The average molecular weight is 244 g/mol. The van der Waals surface area contributed by atoms with E-state index < -0.39 is 20.3 Å². The predicted octanol–water partition coefficient (Wildman–Crippen LogP) is -0.0102. The Morgan fingerprint density at radius 1 is 1.27 bits per heavy atom. The molecule has 1 aromatic carbocycles. The highest BCUT2D eigenvalue weighted by atomic mass is 32.2. The Hall–Kier alpha value is -1.47. The summed E-state index contributed by atoms with van der Waals surface area (Å²) in [4.78, 5) is 11.4. The van der Waals surface area contributed by atoms with Crippen LogP contribution in [0.4, 0.5) is 0 Å². The van der Waals surface area contributed by atoms with E-state index in [2.05, 4.69) is 12.2 Å². The summed E-state index contributed by atoms with van der Waals surface area (Å²) >= 11 is 4.35. The Morgan fingerprint density at radius 2 is 1.80 bits per heavy atom. The molecule has 0 unspecified atom stereocenters. The highest BCUT2D eigenvalue weighted by Crippen LogP contribution is 2.04. The minimum Gasteiger partial charge on any atom is -0.376 e. The number of nitrogens with one attached hydrogen (secondary N) is 1. The summed E-state index contributed by atoms with van der Waals surface area (Å²) in [5.74, 6) is 0. The van der Waals surface area contributed by atoms with Crippen LogP contribution in [-0.2, 0) is 10.0 Å². The molecule has 0 atom stereocenters. The lowest BCUT2D eigenvalue weighted by Crippen LogP contribution is -2.38. The van der Waals surface area contributed by atoms with Crippen molar-refractivity contribution in [2.24, 2.45) is 5.73 Å². The van der Waals surface area contributed by atoms with Crippen LogP contribution >= 0.6 is 12.2 Å². The molecule has 0 saturated heterocycles. The molecule has 0 fully saturated rings.